The second-order valence-electron chi connectivity index (χ2n) is 8.14. The molecule has 27 heavy (non-hydrogen) atoms. The summed E-state index contributed by atoms with van der Waals surface area (Å²) >= 11 is 1.56. The molecule has 1 amide bonds. The summed E-state index contributed by atoms with van der Waals surface area (Å²) in [5, 5.41) is 0. The minimum atomic E-state index is -0.111. The van der Waals surface area contributed by atoms with E-state index in [0.717, 1.165) is 15.8 Å². The van der Waals surface area contributed by atoms with E-state index in [2.05, 4.69) is 37.9 Å². The molecule has 1 saturated heterocycles. The Morgan fingerprint density at radius 1 is 1.15 bits per heavy atom. The third kappa shape index (κ3) is 3.75. The van der Waals surface area contributed by atoms with Crippen LogP contribution in [0, 0.1) is 5.41 Å². The van der Waals surface area contributed by atoms with Gasteiger partial charge in [0.25, 0.3) is 5.91 Å². The number of ether oxygens (including phenoxy) is 1. The quantitative estimate of drug-likeness (QED) is 0.633. The Morgan fingerprint density at radius 3 is 2.67 bits per heavy atom. The molecule has 2 aromatic carbocycles. The van der Waals surface area contributed by atoms with Gasteiger partial charge in [0.1, 0.15) is 6.10 Å². The summed E-state index contributed by atoms with van der Waals surface area (Å²) in [6.07, 6.45) is -0.132. The van der Waals surface area contributed by atoms with Crippen molar-refractivity contribution in [1.29, 1.82) is 0 Å². The number of nitrogens with zero attached hydrogens (tertiary/aromatic N) is 2. The minimum Gasteiger partial charge on any atom is -0.366 e. The number of hydrogen-bond donors (Lipinski definition) is 0. The standard InChI is InChI=1S/C22H24N2O2S/c1-22(2,3)20-13-24(12-18(26-20)15-7-5-4-6-8-15)21(25)16-9-10-17-19(11-16)27-14-23-17/h4-11,14,18,20H,12-13H2,1-3H3/t18-,20+/m0/s1. The van der Waals surface area contributed by atoms with Crippen molar-refractivity contribution in [3.8, 4) is 0 Å². The van der Waals surface area contributed by atoms with Gasteiger partial charge in [-0.1, -0.05) is 51.1 Å². The van der Waals surface area contributed by atoms with Gasteiger partial charge in [-0.25, -0.2) is 4.98 Å². The van der Waals surface area contributed by atoms with E-state index in [1.165, 1.54) is 0 Å². The number of benzene rings is 2. The number of rotatable bonds is 2. The van der Waals surface area contributed by atoms with Gasteiger partial charge in [0.05, 0.1) is 28.4 Å². The molecule has 0 N–H and O–H groups in total. The summed E-state index contributed by atoms with van der Waals surface area (Å²) < 4.78 is 7.45. The second-order valence-corrected chi connectivity index (χ2v) is 9.02. The summed E-state index contributed by atoms with van der Waals surface area (Å²) in [5.74, 6) is 0.0591. The first kappa shape index (κ1) is 18.1. The predicted molar refractivity (Wildman–Crippen MR) is 109 cm³/mol. The van der Waals surface area contributed by atoms with E-state index >= 15 is 0 Å². The SMILES string of the molecule is CC(C)(C)[C@H]1CN(C(=O)c2ccc3ncsc3c2)C[C@@H](c2ccccc2)O1. The molecule has 140 valence electrons. The Morgan fingerprint density at radius 2 is 1.93 bits per heavy atom. The van der Waals surface area contributed by atoms with Gasteiger partial charge in [-0.05, 0) is 29.2 Å². The molecule has 0 radical (unpaired) electrons. The van der Waals surface area contributed by atoms with Crippen molar-refractivity contribution in [2.24, 2.45) is 5.41 Å². The Balaban J connectivity index is 1.64. The molecule has 3 aromatic rings. The van der Waals surface area contributed by atoms with Crippen molar-refractivity contribution >= 4 is 27.5 Å². The Bertz CT molecular complexity index is 946. The van der Waals surface area contributed by atoms with Crippen LogP contribution in [-0.2, 0) is 4.74 Å². The fourth-order valence-electron chi connectivity index (χ4n) is 3.43. The Kier molecular flexibility index (Phi) is 4.74. The number of thiazole rings is 1. The molecular formula is C22H24N2O2S. The lowest BCUT2D eigenvalue weighted by molar-refractivity contribution is -0.119. The first-order valence-electron chi connectivity index (χ1n) is 9.25. The monoisotopic (exact) mass is 380 g/mol. The molecule has 0 aliphatic carbocycles. The van der Waals surface area contributed by atoms with Crippen molar-refractivity contribution < 1.29 is 9.53 Å². The van der Waals surface area contributed by atoms with Crippen LogP contribution in [-0.4, -0.2) is 35.0 Å². The van der Waals surface area contributed by atoms with E-state index in [4.69, 9.17) is 4.74 Å². The fraction of sp³-hybridized carbons (Fsp3) is 0.364. The molecule has 1 aliphatic rings. The van der Waals surface area contributed by atoms with Gasteiger partial charge < -0.3 is 9.64 Å². The van der Waals surface area contributed by atoms with E-state index in [-0.39, 0.29) is 23.5 Å². The maximum atomic E-state index is 13.3. The van der Waals surface area contributed by atoms with Gasteiger partial charge in [-0.2, -0.15) is 0 Å². The molecule has 4 rings (SSSR count). The van der Waals surface area contributed by atoms with E-state index in [1.54, 1.807) is 11.3 Å². The highest BCUT2D eigenvalue weighted by atomic mass is 32.1. The molecular weight excluding hydrogens is 356 g/mol. The lowest BCUT2D eigenvalue weighted by Crippen LogP contribution is -2.51. The van der Waals surface area contributed by atoms with Gasteiger partial charge in [0, 0.05) is 12.1 Å². The zero-order valence-electron chi connectivity index (χ0n) is 15.9. The lowest BCUT2D eigenvalue weighted by Gasteiger charge is -2.43. The van der Waals surface area contributed by atoms with Crippen LogP contribution < -0.4 is 0 Å². The van der Waals surface area contributed by atoms with Crippen molar-refractivity contribution in [1.82, 2.24) is 9.88 Å². The zero-order chi connectivity index (χ0) is 19.0. The third-order valence-corrected chi connectivity index (χ3v) is 5.90. The largest absolute Gasteiger partial charge is 0.366 e. The number of carbonyl (C=O) groups excluding carboxylic acids is 1. The smallest absolute Gasteiger partial charge is 0.254 e. The van der Waals surface area contributed by atoms with Gasteiger partial charge in [0.2, 0.25) is 0 Å². The molecule has 0 bridgehead atoms. The number of carbonyl (C=O) groups is 1. The minimum absolute atomic E-state index is 0.0208. The number of fused-ring (bicyclic) bond motifs is 1. The van der Waals surface area contributed by atoms with Gasteiger partial charge in [-0.15, -0.1) is 11.3 Å². The molecule has 0 spiro atoms. The summed E-state index contributed by atoms with van der Waals surface area (Å²) in [6.45, 7) is 7.66. The highest BCUT2D eigenvalue weighted by Crippen LogP contribution is 2.34. The van der Waals surface area contributed by atoms with Crippen LogP contribution >= 0.6 is 11.3 Å². The highest BCUT2D eigenvalue weighted by Gasteiger charge is 2.37. The second kappa shape index (κ2) is 7.06. The van der Waals surface area contributed by atoms with Crippen LogP contribution in [0.3, 0.4) is 0 Å². The Labute approximate surface area is 163 Å². The lowest BCUT2D eigenvalue weighted by atomic mass is 9.87. The molecule has 1 fully saturated rings. The van der Waals surface area contributed by atoms with Crippen molar-refractivity contribution in [2.45, 2.75) is 33.0 Å². The topological polar surface area (TPSA) is 42.4 Å². The number of hydrogen-bond acceptors (Lipinski definition) is 4. The molecule has 0 unspecified atom stereocenters. The highest BCUT2D eigenvalue weighted by molar-refractivity contribution is 7.16. The third-order valence-electron chi connectivity index (χ3n) is 5.10. The molecule has 1 aromatic heterocycles. The van der Waals surface area contributed by atoms with Gasteiger partial charge >= 0.3 is 0 Å². The van der Waals surface area contributed by atoms with Gasteiger partial charge in [0.15, 0.2) is 0 Å². The summed E-state index contributed by atoms with van der Waals surface area (Å²) in [7, 11) is 0. The van der Waals surface area contributed by atoms with Crippen LogP contribution in [0.5, 0.6) is 0 Å². The molecule has 2 heterocycles. The fourth-order valence-corrected chi connectivity index (χ4v) is 4.14. The molecule has 2 atom stereocenters. The summed E-state index contributed by atoms with van der Waals surface area (Å²) in [4.78, 5) is 19.5. The van der Waals surface area contributed by atoms with Crippen LogP contribution in [0.25, 0.3) is 10.2 Å². The van der Waals surface area contributed by atoms with Crippen LogP contribution in [0.1, 0.15) is 42.8 Å². The first-order chi connectivity index (χ1) is 12.9. The van der Waals surface area contributed by atoms with E-state index in [9.17, 15) is 4.79 Å². The average Bonchev–Trinajstić information content (AvgIpc) is 3.15. The average molecular weight is 381 g/mol. The number of aromatic nitrogens is 1. The first-order valence-corrected chi connectivity index (χ1v) is 10.1. The van der Waals surface area contributed by atoms with Gasteiger partial charge in [-0.3, -0.25) is 4.79 Å². The van der Waals surface area contributed by atoms with Crippen LogP contribution in [0.2, 0.25) is 0 Å². The maximum absolute atomic E-state index is 13.3. The molecule has 4 nitrogen and oxygen atoms in total. The van der Waals surface area contributed by atoms with E-state index < -0.39 is 0 Å². The van der Waals surface area contributed by atoms with Crippen LogP contribution in [0.4, 0.5) is 0 Å². The molecule has 5 heteroatoms. The van der Waals surface area contributed by atoms with E-state index in [1.807, 2.05) is 46.8 Å². The summed E-state index contributed by atoms with van der Waals surface area (Å²) in [6, 6.07) is 15.9. The number of amides is 1. The number of morpholine rings is 1. The zero-order valence-corrected chi connectivity index (χ0v) is 16.7. The Hall–Kier alpha value is -2.24. The van der Waals surface area contributed by atoms with Crippen LogP contribution in [0.15, 0.2) is 54.0 Å². The van der Waals surface area contributed by atoms with Crippen molar-refractivity contribution in [3.05, 3.63) is 65.2 Å². The van der Waals surface area contributed by atoms with Crippen molar-refractivity contribution in [3.63, 3.8) is 0 Å². The molecule has 1 aliphatic heterocycles. The molecule has 0 saturated carbocycles. The summed E-state index contributed by atoms with van der Waals surface area (Å²) in [5.41, 5.74) is 4.53. The predicted octanol–water partition coefficient (Wildman–Crippen LogP) is 4.92. The van der Waals surface area contributed by atoms with Crippen molar-refractivity contribution in [2.75, 3.05) is 13.1 Å². The normalized spacial score (nSPS) is 20.8. The maximum Gasteiger partial charge on any atom is 0.254 e. The van der Waals surface area contributed by atoms with E-state index in [0.29, 0.717) is 18.7 Å².